The van der Waals surface area contributed by atoms with Crippen molar-refractivity contribution in [3.8, 4) is 0 Å². The van der Waals surface area contributed by atoms with Crippen LogP contribution < -0.4 is 0 Å². The van der Waals surface area contributed by atoms with Crippen molar-refractivity contribution >= 4 is 23.0 Å². The lowest BCUT2D eigenvalue weighted by Gasteiger charge is -2.21. The smallest absolute Gasteiger partial charge is 0.326 e. The van der Waals surface area contributed by atoms with Gasteiger partial charge in [0.2, 0.25) is 0 Å². The van der Waals surface area contributed by atoms with E-state index in [1.54, 1.807) is 19.9 Å². The molecule has 1 aliphatic heterocycles. The summed E-state index contributed by atoms with van der Waals surface area (Å²) in [5.41, 5.74) is 1.92. The van der Waals surface area contributed by atoms with E-state index in [-0.39, 0.29) is 5.91 Å². The maximum Gasteiger partial charge on any atom is 0.326 e. The minimum Gasteiger partial charge on any atom is -0.480 e. The molecule has 0 radical (unpaired) electrons. The number of carboxylic acids is 1. The van der Waals surface area contributed by atoms with Crippen LogP contribution in [0.25, 0.3) is 11.1 Å². The number of aromatic nitrogens is 2. The number of carboxylic acid groups (broad SMARTS) is 1. The van der Waals surface area contributed by atoms with Gasteiger partial charge in [-0.05, 0) is 32.8 Å². The molecule has 3 heterocycles. The number of carbonyl (C=O) groups excluding carboxylic acids is 1. The van der Waals surface area contributed by atoms with E-state index in [1.807, 2.05) is 0 Å². The van der Waals surface area contributed by atoms with E-state index in [0.29, 0.717) is 47.4 Å². The van der Waals surface area contributed by atoms with Crippen molar-refractivity contribution in [2.24, 2.45) is 0 Å². The van der Waals surface area contributed by atoms with Crippen molar-refractivity contribution in [3.63, 3.8) is 0 Å². The molecule has 3 rings (SSSR count). The zero-order chi connectivity index (χ0) is 15.1. The zero-order valence-electron chi connectivity index (χ0n) is 11.8. The number of amides is 1. The van der Waals surface area contributed by atoms with Crippen molar-refractivity contribution in [2.45, 2.75) is 32.7 Å². The summed E-state index contributed by atoms with van der Waals surface area (Å²) in [5, 5.41) is 13.6. The summed E-state index contributed by atoms with van der Waals surface area (Å²) in [7, 11) is 0. The Morgan fingerprint density at radius 1 is 1.43 bits per heavy atom. The van der Waals surface area contributed by atoms with Gasteiger partial charge in [0.05, 0.1) is 16.6 Å². The van der Waals surface area contributed by atoms with Gasteiger partial charge in [0.15, 0.2) is 0 Å². The molecular formula is C14H15N3O4. The number of pyridine rings is 1. The van der Waals surface area contributed by atoms with Crippen LogP contribution in [0.1, 0.15) is 34.6 Å². The second-order valence-electron chi connectivity index (χ2n) is 5.25. The van der Waals surface area contributed by atoms with E-state index in [0.717, 1.165) is 0 Å². The molecular weight excluding hydrogens is 274 g/mol. The molecule has 0 aliphatic carbocycles. The molecule has 0 aromatic carbocycles. The molecule has 2 aromatic rings. The number of nitrogens with zero attached hydrogens (tertiary/aromatic N) is 3. The molecule has 110 valence electrons. The summed E-state index contributed by atoms with van der Waals surface area (Å²) >= 11 is 0. The Balaban J connectivity index is 2.09. The molecule has 0 unspecified atom stereocenters. The van der Waals surface area contributed by atoms with Gasteiger partial charge in [-0.3, -0.25) is 4.79 Å². The molecule has 7 heteroatoms. The van der Waals surface area contributed by atoms with Crippen molar-refractivity contribution in [3.05, 3.63) is 23.0 Å². The summed E-state index contributed by atoms with van der Waals surface area (Å²) in [5.74, 6) is -1.27. The van der Waals surface area contributed by atoms with Gasteiger partial charge in [0.25, 0.3) is 11.6 Å². The van der Waals surface area contributed by atoms with E-state index in [4.69, 9.17) is 4.52 Å². The van der Waals surface area contributed by atoms with Crippen molar-refractivity contribution in [1.29, 1.82) is 0 Å². The van der Waals surface area contributed by atoms with Crippen molar-refractivity contribution < 1.29 is 19.2 Å². The molecule has 1 atom stereocenters. The number of rotatable bonds is 2. The average Bonchev–Trinajstić information content (AvgIpc) is 3.04. The number of likely N-dealkylation sites (tertiary alicyclic amines) is 1. The van der Waals surface area contributed by atoms with Gasteiger partial charge >= 0.3 is 5.97 Å². The van der Waals surface area contributed by atoms with Gasteiger partial charge < -0.3 is 14.5 Å². The topological polar surface area (TPSA) is 96.5 Å². The number of hydrogen-bond donors (Lipinski definition) is 1. The normalized spacial score (nSPS) is 18.4. The summed E-state index contributed by atoms with van der Waals surface area (Å²) in [6, 6.07) is 0.896. The lowest BCUT2D eigenvalue weighted by molar-refractivity contribution is -0.141. The molecule has 7 nitrogen and oxygen atoms in total. The second kappa shape index (κ2) is 4.83. The number of hydrogen-bond acceptors (Lipinski definition) is 5. The molecule has 0 spiro atoms. The lowest BCUT2D eigenvalue weighted by Crippen LogP contribution is -2.40. The van der Waals surface area contributed by atoms with Gasteiger partial charge in [-0.15, -0.1) is 0 Å². The number of fused-ring (bicyclic) bond motifs is 1. The first-order valence-electron chi connectivity index (χ1n) is 6.76. The minimum absolute atomic E-state index is 0.304. The van der Waals surface area contributed by atoms with Gasteiger partial charge in [0.1, 0.15) is 6.04 Å². The molecule has 1 N–H and O–H groups in total. The molecule has 2 aromatic heterocycles. The maximum absolute atomic E-state index is 12.7. The highest BCUT2D eigenvalue weighted by atomic mass is 16.5. The van der Waals surface area contributed by atoms with Crippen LogP contribution in [-0.2, 0) is 4.79 Å². The zero-order valence-corrected chi connectivity index (χ0v) is 11.8. The van der Waals surface area contributed by atoms with Crippen molar-refractivity contribution in [1.82, 2.24) is 15.0 Å². The first-order chi connectivity index (χ1) is 9.99. The first kappa shape index (κ1) is 13.5. The van der Waals surface area contributed by atoms with Gasteiger partial charge in [-0.25, -0.2) is 9.78 Å². The van der Waals surface area contributed by atoms with Crippen LogP contribution in [0, 0.1) is 13.8 Å². The van der Waals surface area contributed by atoms with Crippen LogP contribution in [0.5, 0.6) is 0 Å². The van der Waals surface area contributed by atoms with Crippen LogP contribution in [0.4, 0.5) is 0 Å². The van der Waals surface area contributed by atoms with Crippen LogP contribution >= 0.6 is 0 Å². The quantitative estimate of drug-likeness (QED) is 0.900. The van der Waals surface area contributed by atoms with Crippen LogP contribution in [-0.4, -0.2) is 44.6 Å². The van der Waals surface area contributed by atoms with Crippen molar-refractivity contribution in [2.75, 3.05) is 6.54 Å². The minimum atomic E-state index is -0.968. The van der Waals surface area contributed by atoms with Crippen LogP contribution in [0.3, 0.4) is 0 Å². The number of aryl methyl sites for hydroxylation is 2. The van der Waals surface area contributed by atoms with Gasteiger partial charge in [-0.1, -0.05) is 5.16 Å². The van der Waals surface area contributed by atoms with E-state index in [2.05, 4.69) is 10.1 Å². The number of aliphatic carboxylic acids is 1. The Hall–Kier alpha value is -2.44. The Bertz CT molecular complexity index is 737. The molecule has 1 aliphatic rings. The fraction of sp³-hybridized carbons (Fsp3) is 0.429. The van der Waals surface area contributed by atoms with Gasteiger partial charge in [0, 0.05) is 12.2 Å². The Labute approximate surface area is 120 Å². The standard InChI is InChI=1S/C14H15N3O4/c1-7-6-9(11-8(2)16-21-12(11)15-7)13(18)17-5-3-4-10(17)14(19)20/h6,10H,3-5H2,1-2H3,(H,19,20)/t10-/m1/s1. The average molecular weight is 289 g/mol. The predicted molar refractivity (Wildman–Crippen MR) is 73.0 cm³/mol. The Morgan fingerprint density at radius 3 is 2.90 bits per heavy atom. The SMILES string of the molecule is Cc1cc(C(=O)N2CCC[C@@H]2C(=O)O)c2c(C)noc2n1. The highest BCUT2D eigenvalue weighted by Crippen LogP contribution is 2.26. The lowest BCUT2D eigenvalue weighted by atomic mass is 10.1. The predicted octanol–water partition coefficient (Wildman–Crippen LogP) is 1.53. The Morgan fingerprint density at radius 2 is 2.19 bits per heavy atom. The summed E-state index contributed by atoms with van der Waals surface area (Å²) in [6.45, 7) is 3.94. The van der Waals surface area contributed by atoms with E-state index in [1.165, 1.54) is 4.90 Å². The Kier molecular flexibility index (Phi) is 3.12. The second-order valence-corrected chi connectivity index (χ2v) is 5.25. The van der Waals surface area contributed by atoms with E-state index >= 15 is 0 Å². The fourth-order valence-electron chi connectivity index (χ4n) is 2.81. The number of carbonyl (C=O) groups is 2. The van der Waals surface area contributed by atoms with E-state index < -0.39 is 12.0 Å². The van der Waals surface area contributed by atoms with Gasteiger partial charge in [-0.2, -0.15) is 0 Å². The summed E-state index contributed by atoms with van der Waals surface area (Å²) in [6.07, 6.45) is 1.18. The first-order valence-corrected chi connectivity index (χ1v) is 6.76. The highest BCUT2D eigenvalue weighted by Gasteiger charge is 2.35. The molecule has 0 bridgehead atoms. The highest BCUT2D eigenvalue weighted by molar-refractivity contribution is 6.07. The third-order valence-corrected chi connectivity index (χ3v) is 3.77. The van der Waals surface area contributed by atoms with E-state index in [9.17, 15) is 14.7 Å². The summed E-state index contributed by atoms with van der Waals surface area (Å²) < 4.78 is 5.11. The fourth-order valence-corrected chi connectivity index (χ4v) is 2.81. The largest absolute Gasteiger partial charge is 0.480 e. The molecule has 21 heavy (non-hydrogen) atoms. The molecule has 0 saturated carbocycles. The summed E-state index contributed by atoms with van der Waals surface area (Å²) in [4.78, 5) is 29.6. The van der Waals surface area contributed by atoms with Crippen LogP contribution in [0.15, 0.2) is 10.6 Å². The monoisotopic (exact) mass is 289 g/mol. The molecule has 1 saturated heterocycles. The van der Waals surface area contributed by atoms with Crippen LogP contribution in [0.2, 0.25) is 0 Å². The third-order valence-electron chi connectivity index (χ3n) is 3.77. The third kappa shape index (κ3) is 2.14. The molecule has 1 amide bonds. The molecule has 1 fully saturated rings. The maximum atomic E-state index is 12.7.